The summed E-state index contributed by atoms with van der Waals surface area (Å²) in [5.41, 5.74) is 1.09. The summed E-state index contributed by atoms with van der Waals surface area (Å²) >= 11 is 8.59. The van der Waals surface area contributed by atoms with Crippen LogP contribution >= 0.6 is 34.7 Å². The van der Waals surface area contributed by atoms with Crippen molar-refractivity contribution in [3.63, 3.8) is 0 Å². The summed E-state index contributed by atoms with van der Waals surface area (Å²) < 4.78 is 12.8. The number of esters is 1. The molecule has 44 heavy (non-hydrogen) atoms. The van der Waals surface area contributed by atoms with Gasteiger partial charge in [-0.1, -0.05) is 42.3 Å². The summed E-state index contributed by atoms with van der Waals surface area (Å²) in [4.78, 5) is 52.7. The largest absolute Gasteiger partial charge is 0.496 e. The molecule has 0 unspecified atom stereocenters. The van der Waals surface area contributed by atoms with E-state index in [0.29, 0.717) is 55.3 Å². The van der Waals surface area contributed by atoms with Crippen LogP contribution in [0.1, 0.15) is 43.9 Å². The number of nitrogens with zero attached hydrogens (tertiary/aromatic N) is 5. The maximum Gasteiger partial charge on any atom is 0.338 e. The number of nitro groups is 1. The van der Waals surface area contributed by atoms with Gasteiger partial charge in [0.2, 0.25) is 0 Å². The van der Waals surface area contributed by atoms with E-state index in [0.717, 1.165) is 23.1 Å². The Morgan fingerprint density at radius 3 is 2.66 bits per heavy atom. The molecule has 1 aliphatic heterocycles. The van der Waals surface area contributed by atoms with Crippen molar-refractivity contribution in [1.29, 1.82) is 0 Å². The highest BCUT2D eigenvalue weighted by Crippen LogP contribution is 2.38. The van der Waals surface area contributed by atoms with Crippen LogP contribution < -0.4 is 19.6 Å². The van der Waals surface area contributed by atoms with Crippen LogP contribution in [0.2, 0.25) is 5.02 Å². The highest BCUT2D eigenvalue weighted by molar-refractivity contribution is 7.99. The molecule has 0 saturated carbocycles. The van der Waals surface area contributed by atoms with E-state index in [1.165, 1.54) is 17.7 Å². The third kappa shape index (κ3) is 6.30. The number of aromatic nitrogens is 3. The van der Waals surface area contributed by atoms with Crippen LogP contribution in [0.4, 0.5) is 5.69 Å². The number of hydrogen-bond acceptors (Lipinski definition) is 11. The van der Waals surface area contributed by atoms with E-state index in [2.05, 4.69) is 9.97 Å². The van der Waals surface area contributed by atoms with Gasteiger partial charge in [0.1, 0.15) is 11.8 Å². The Labute approximate surface area is 264 Å². The Hall–Kier alpha value is -4.33. The van der Waals surface area contributed by atoms with Gasteiger partial charge in [0.25, 0.3) is 11.2 Å². The second kappa shape index (κ2) is 13.5. The first-order valence-corrected chi connectivity index (χ1v) is 15.6. The monoisotopic (exact) mass is 651 g/mol. The van der Waals surface area contributed by atoms with Crippen molar-refractivity contribution < 1.29 is 19.2 Å². The average molecular weight is 652 g/mol. The zero-order chi connectivity index (χ0) is 31.4. The number of allylic oxidation sites excluding steroid dienone is 1. The van der Waals surface area contributed by atoms with Gasteiger partial charge in [-0.05, 0) is 67.1 Å². The lowest BCUT2D eigenvalue weighted by Crippen LogP contribution is -2.40. The van der Waals surface area contributed by atoms with Gasteiger partial charge in [-0.3, -0.25) is 19.5 Å². The number of carbonyl (C=O) groups excluding carboxylic acids is 1. The maximum atomic E-state index is 14.1. The molecule has 1 aliphatic rings. The molecule has 2 aromatic heterocycles. The van der Waals surface area contributed by atoms with Crippen LogP contribution in [0, 0.1) is 10.1 Å². The SMILES string of the molecule is CCCC1=C(C(=O)OCC)[C@@H](c2cc(Cl)ccc2OC)n2c(s/c(=C\c3ccc(Sc4ncccn4)c([N+](=O)[O-])c3)c2=O)=N1. The normalized spacial score (nSPS) is 14.6. The van der Waals surface area contributed by atoms with Crippen molar-refractivity contribution in [2.45, 2.75) is 42.8 Å². The molecule has 0 saturated heterocycles. The zero-order valence-corrected chi connectivity index (χ0v) is 26.2. The van der Waals surface area contributed by atoms with Crippen LogP contribution in [0.25, 0.3) is 6.08 Å². The first-order chi connectivity index (χ1) is 21.2. The quantitative estimate of drug-likeness (QED) is 0.0993. The second-order valence-electron chi connectivity index (χ2n) is 9.42. The van der Waals surface area contributed by atoms with Crippen LogP contribution in [-0.4, -0.2) is 39.1 Å². The number of rotatable bonds is 10. The van der Waals surface area contributed by atoms with Gasteiger partial charge in [0.05, 0.1) is 39.3 Å². The van der Waals surface area contributed by atoms with E-state index in [4.69, 9.17) is 26.1 Å². The molecule has 5 rings (SSSR count). The minimum absolute atomic E-state index is 0.134. The number of hydrogen-bond donors (Lipinski definition) is 0. The number of carbonyl (C=O) groups is 1. The molecule has 226 valence electrons. The summed E-state index contributed by atoms with van der Waals surface area (Å²) in [6.07, 6.45) is 5.85. The number of benzene rings is 2. The lowest BCUT2D eigenvalue weighted by molar-refractivity contribution is -0.387. The van der Waals surface area contributed by atoms with E-state index in [9.17, 15) is 19.7 Å². The van der Waals surface area contributed by atoms with E-state index < -0.39 is 22.5 Å². The number of thiazole rings is 1. The third-order valence-electron chi connectivity index (χ3n) is 6.60. The van der Waals surface area contributed by atoms with Crippen LogP contribution in [0.5, 0.6) is 5.75 Å². The molecule has 1 atom stereocenters. The number of ether oxygens (including phenoxy) is 2. The van der Waals surface area contributed by atoms with Gasteiger partial charge >= 0.3 is 5.97 Å². The molecule has 0 amide bonds. The topological polar surface area (TPSA) is 139 Å². The van der Waals surface area contributed by atoms with Gasteiger partial charge in [0, 0.05) is 29.0 Å². The molecule has 2 aromatic carbocycles. The van der Waals surface area contributed by atoms with Gasteiger partial charge in [0.15, 0.2) is 9.96 Å². The number of methoxy groups -OCH3 is 1. The Morgan fingerprint density at radius 1 is 1.20 bits per heavy atom. The Balaban J connectivity index is 1.70. The van der Waals surface area contributed by atoms with Crippen molar-refractivity contribution in [3.8, 4) is 5.75 Å². The summed E-state index contributed by atoms with van der Waals surface area (Å²) in [6, 6.07) is 10.4. The Kier molecular flexibility index (Phi) is 9.57. The first-order valence-electron chi connectivity index (χ1n) is 13.5. The smallest absolute Gasteiger partial charge is 0.338 e. The fourth-order valence-corrected chi connectivity index (χ4v) is 6.77. The van der Waals surface area contributed by atoms with E-state index in [1.807, 2.05) is 6.92 Å². The van der Waals surface area contributed by atoms with Gasteiger partial charge in [-0.25, -0.2) is 19.8 Å². The highest BCUT2D eigenvalue weighted by Gasteiger charge is 2.36. The van der Waals surface area contributed by atoms with Gasteiger partial charge in [-0.2, -0.15) is 0 Å². The van der Waals surface area contributed by atoms with Crippen molar-refractivity contribution in [3.05, 3.63) is 112 Å². The second-order valence-corrected chi connectivity index (χ2v) is 11.9. The molecule has 0 bridgehead atoms. The minimum atomic E-state index is -0.929. The first kappa shape index (κ1) is 31.1. The van der Waals surface area contributed by atoms with Crippen LogP contribution in [0.15, 0.2) is 86.0 Å². The zero-order valence-electron chi connectivity index (χ0n) is 23.9. The molecule has 0 fully saturated rings. The lowest BCUT2D eigenvalue weighted by Gasteiger charge is -2.27. The van der Waals surface area contributed by atoms with Crippen LogP contribution in [0.3, 0.4) is 0 Å². The third-order valence-corrected chi connectivity index (χ3v) is 8.78. The van der Waals surface area contributed by atoms with E-state index in [-0.39, 0.29) is 22.4 Å². The van der Waals surface area contributed by atoms with Gasteiger partial charge < -0.3 is 9.47 Å². The molecule has 0 spiro atoms. The Bertz CT molecular complexity index is 1960. The van der Waals surface area contributed by atoms with Crippen molar-refractivity contribution in [2.24, 2.45) is 4.99 Å². The standard InChI is InChI=1S/C30H26ClN5O6S2/c1-4-7-20-25(28(38)42-5-2)26(19-16-18(31)9-10-22(19)41-3)35-27(37)24(44-30(35)34-20)15-17-8-11-23(21(14-17)36(39)40)43-29-32-12-6-13-33-29/h6,8-16,26H,4-5,7H2,1-3H3/b24-15-/t26-/m1/s1. The molecule has 11 nitrogen and oxygen atoms in total. The van der Waals surface area contributed by atoms with Crippen molar-refractivity contribution in [2.75, 3.05) is 13.7 Å². The van der Waals surface area contributed by atoms with Gasteiger partial charge in [-0.15, -0.1) is 0 Å². The maximum absolute atomic E-state index is 14.1. The fraction of sp³-hybridized carbons (Fsp3) is 0.233. The number of fused-ring (bicyclic) bond motifs is 1. The van der Waals surface area contributed by atoms with Crippen molar-refractivity contribution >= 4 is 52.4 Å². The number of halogens is 1. The fourth-order valence-electron chi connectivity index (χ4n) is 4.78. The molecular weight excluding hydrogens is 626 g/mol. The summed E-state index contributed by atoms with van der Waals surface area (Å²) in [5.74, 6) is -0.160. The molecule has 0 N–H and O–H groups in total. The summed E-state index contributed by atoms with van der Waals surface area (Å²) in [7, 11) is 1.50. The molecule has 0 radical (unpaired) electrons. The molecule has 3 heterocycles. The average Bonchev–Trinajstić information content (AvgIpc) is 3.31. The summed E-state index contributed by atoms with van der Waals surface area (Å²) in [6.45, 7) is 3.81. The molecule has 14 heteroatoms. The van der Waals surface area contributed by atoms with E-state index >= 15 is 0 Å². The van der Waals surface area contributed by atoms with Crippen molar-refractivity contribution in [1.82, 2.24) is 14.5 Å². The summed E-state index contributed by atoms with van der Waals surface area (Å²) in [5, 5.41) is 12.7. The molecule has 0 aliphatic carbocycles. The van der Waals surface area contributed by atoms with E-state index in [1.54, 1.807) is 61.8 Å². The highest BCUT2D eigenvalue weighted by atomic mass is 35.5. The molecule has 4 aromatic rings. The lowest BCUT2D eigenvalue weighted by atomic mass is 9.93. The Morgan fingerprint density at radius 2 is 1.98 bits per heavy atom. The van der Waals surface area contributed by atoms with Crippen LogP contribution in [-0.2, 0) is 9.53 Å². The minimum Gasteiger partial charge on any atom is -0.496 e. The number of nitro benzene ring substituents is 1. The predicted molar refractivity (Wildman–Crippen MR) is 167 cm³/mol. The molecular formula is C30H26ClN5O6S2. The predicted octanol–water partition coefficient (Wildman–Crippen LogP) is 5.09.